The molecular formula is C16H20N2S. The second-order valence-corrected chi connectivity index (χ2v) is 6.25. The lowest BCUT2D eigenvalue weighted by molar-refractivity contribution is 0.644. The molecule has 2 aromatic rings. The number of fused-ring (bicyclic) bond motifs is 1. The Bertz CT molecular complexity index is 560. The van der Waals surface area contributed by atoms with Gasteiger partial charge in [-0.1, -0.05) is 6.07 Å². The third kappa shape index (κ3) is 3.04. The van der Waals surface area contributed by atoms with Crippen LogP contribution < -0.4 is 5.32 Å². The van der Waals surface area contributed by atoms with Gasteiger partial charge in [-0.25, -0.2) is 0 Å². The van der Waals surface area contributed by atoms with E-state index in [4.69, 9.17) is 4.98 Å². The minimum atomic E-state index is 0.866. The van der Waals surface area contributed by atoms with Crippen molar-refractivity contribution in [2.45, 2.75) is 45.7 Å². The van der Waals surface area contributed by atoms with Crippen molar-refractivity contribution in [3.8, 4) is 0 Å². The number of hydrogen-bond acceptors (Lipinski definition) is 3. The molecule has 0 unspecified atom stereocenters. The van der Waals surface area contributed by atoms with Crippen molar-refractivity contribution in [2.24, 2.45) is 0 Å². The summed E-state index contributed by atoms with van der Waals surface area (Å²) < 4.78 is 0. The maximum absolute atomic E-state index is 4.80. The van der Waals surface area contributed by atoms with Crippen molar-refractivity contribution in [3.63, 3.8) is 0 Å². The van der Waals surface area contributed by atoms with Gasteiger partial charge in [-0.3, -0.25) is 4.98 Å². The zero-order chi connectivity index (χ0) is 13.1. The molecule has 0 spiro atoms. The number of nitrogens with zero attached hydrogens (tertiary/aromatic N) is 1. The summed E-state index contributed by atoms with van der Waals surface area (Å²) in [7, 11) is 0. The Morgan fingerprint density at radius 1 is 1.16 bits per heavy atom. The van der Waals surface area contributed by atoms with E-state index in [9.17, 15) is 0 Å². The summed E-state index contributed by atoms with van der Waals surface area (Å²) in [6.07, 6.45) is 4.99. The third-order valence-corrected chi connectivity index (χ3v) is 4.82. The van der Waals surface area contributed by atoms with Crippen LogP contribution in [0.3, 0.4) is 0 Å². The molecule has 3 heteroatoms. The number of aromatic nitrogens is 1. The van der Waals surface area contributed by atoms with Crippen molar-refractivity contribution in [3.05, 3.63) is 51.0 Å². The van der Waals surface area contributed by atoms with E-state index in [0.717, 1.165) is 19.5 Å². The molecular weight excluding hydrogens is 252 g/mol. The van der Waals surface area contributed by atoms with Gasteiger partial charge in [0.15, 0.2) is 0 Å². The Morgan fingerprint density at radius 3 is 2.89 bits per heavy atom. The molecule has 2 nitrogen and oxygen atoms in total. The fourth-order valence-corrected chi connectivity index (χ4v) is 3.49. The van der Waals surface area contributed by atoms with Crippen molar-refractivity contribution in [2.75, 3.05) is 0 Å². The third-order valence-electron chi connectivity index (χ3n) is 3.80. The molecule has 1 aliphatic carbocycles. The molecule has 2 aromatic heterocycles. The van der Waals surface area contributed by atoms with Crippen LogP contribution in [0, 0.1) is 6.92 Å². The van der Waals surface area contributed by atoms with Crippen LogP contribution in [-0.4, -0.2) is 4.98 Å². The van der Waals surface area contributed by atoms with Crippen LogP contribution in [0.25, 0.3) is 0 Å². The summed E-state index contributed by atoms with van der Waals surface area (Å²) in [6, 6.07) is 6.63. The lowest BCUT2D eigenvalue weighted by atomic mass is 9.96. The Balaban J connectivity index is 1.59. The SMILES string of the molecule is Cc1ccsc1CNCc1ccc2c(n1)CCCC2. The summed E-state index contributed by atoms with van der Waals surface area (Å²) >= 11 is 1.82. The standard InChI is InChI=1S/C16H20N2S/c1-12-8-9-19-16(12)11-17-10-14-7-6-13-4-2-3-5-15(13)18-14/h6-9,17H,2-5,10-11H2,1H3. The molecule has 0 saturated heterocycles. The van der Waals surface area contributed by atoms with Gasteiger partial charge < -0.3 is 5.32 Å². The van der Waals surface area contributed by atoms with Crippen LogP contribution >= 0.6 is 11.3 Å². The quantitative estimate of drug-likeness (QED) is 0.919. The smallest absolute Gasteiger partial charge is 0.0545 e. The second kappa shape index (κ2) is 5.85. The molecule has 3 rings (SSSR count). The molecule has 0 saturated carbocycles. The van der Waals surface area contributed by atoms with Gasteiger partial charge >= 0.3 is 0 Å². The normalized spacial score (nSPS) is 14.4. The molecule has 19 heavy (non-hydrogen) atoms. The van der Waals surface area contributed by atoms with Gasteiger partial charge in [0.05, 0.1) is 5.69 Å². The van der Waals surface area contributed by atoms with E-state index in [1.54, 1.807) is 0 Å². The fraction of sp³-hybridized carbons (Fsp3) is 0.438. The van der Waals surface area contributed by atoms with Crippen molar-refractivity contribution >= 4 is 11.3 Å². The zero-order valence-corrected chi connectivity index (χ0v) is 12.2. The average Bonchev–Trinajstić information content (AvgIpc) is 2.84. The van der Waals surface area contributed by atoms with Crippen LogP contribution in [0.5, 0.6) is 0 Å². The maximum Gasteiger partial charge on any atom is 0.0545 e. The van der Waals surface area contributed by atoms with E-state index in [0.29, 0.717) is 0 Å². The molecule has 0 amide bonds. The Labute approximate surface area is 118 Å². The predicted octanol–water partition coefficient (Wildman–Crippen LogP) is 3.62. The van der Waals surface area contributed by atoms with Gasteiger partial charge in [-0.05, 0) is 61.2 Å². The molecule has 0 aromatic carbocycles. The van der Waals surface area contributed by atoms with E-state index in [1.165, 1.54) is 46.7 Å². The average molecular weight is 272 g/mol. The lowest BCUT2D eigenvalue weighted by Crippen LogP contribution is -2.15. The summed E-state index contributed by atoms with van der Waals surface area (Å²) in [6.45, 7) is 3.98. The van der Waals surface area contributed by atoms with Crippen molar-refractivity contribution in [1.82, 2.24) is 10.3 Å². The first-order valence-electron chi connectivity index (χ1n) is 7.04. The Hall–Kier alpha value is -1.19. The number of nitrogens with one attached hydrogen (secondary N) is 1. The van der Waals surface area contributed by atoms with Gasteiger partial charge in [0.25, 0.3) is 0 Å². The highest BCUT2D eigenvalue weighted by molar-refractivity contribution is 7.10. The van der Waals surface area contributed by atoms with Crippen LogP contribution in [0.1, 0.15) is 40.2 Å². The van der Waals surface area contributed by atoms with E-state index < -0.39 is 0 Å². The molecule has 2 heterocycles. The minimum Gasteiger partial charge on any atom is -0.306 e. The largest absolute Gasteiger partial charge is 0.306 e. The number of aryl methyl sites for hydroxylation is 3. The molecule has 0 atom stereocenters. The first-order chi connectivity index (χ1) is 9.33. The van der Waals surface area contributed by atoms with E-state index in [1.807, 2.05) is 11.3 Å². The number of pyridine rings is 1. The summed E-state index contributed by atoms with van der Waals surface area (Å²) in [4.78, 5) is 6.22. The van der Waals surface area contributed by atoms with E-state index in [-0.39, 0.29) is 0 Å². The molecule has 0 bridgehead atoms. The van der Waals surface area contributed by atoms with E-state index in [2.05, 4.69) is 35.8 Å². The van der Waals surface area contributed by atoms with Crippen LogP contribution in [0.4, 0.5) is 0 Å². The summed E-state index contributed by atoms with van der Waals surface area (Å²) in [5.41, 5.74) is 5.35. The molecule has 0 radical (unpaired) electrons. The van der Waals surface area contributed by atoms with Crippen molar-refractivity contribution in [1.29, 1.82) is 0 Å². The molecule has 1 aliphatic rings. The zero-order valence-electron chi connectivity index (χ0n) is 11.4. The van der Waals surface area contributed by atoms with Gasteiger partial charge in [-0.2, -0.15) is 0 Å². The van der Waals surface area contributed by atoms with Crippen molar-refractivity contribution < 1.29 is 0 Å². The van der Waals surface area contributed by atoms with Gasteiger partial charge in [0.2, 0.25) is 0 Å². The highest BCUT2D eigenvalue weighted by Gasteiger charge is 2.10. The monoisotopic (exact) mass is 272 g/mol. The second-order valence-electron chi connectivity index (χ2n) is 5.25. The van der Waals surface area contributed by atoms with Gasteiger partial charge in [0.1, 0.15) is 0 Å². The lowest BCUT2D eigenvalue weighted by Gasteiger charge is -2.15. The first-order valence-corrected chi connectivity index (χ1v) is 7.92. The predicted molar refractivity (Wildman–Crippen MR) is 80.5 cm³/mol. The van der Waals surface area contributed by atoms with Crippen LogP contribution in [0.2, 0.25) is 0 Å². The number of hydrogen-bond donors (Lipinski definition) is 1. The minimum absolute atomic E-state index is 0.866. The topological polar surface area (TPSA) is 24.9 Å². The van der Waals surface area contributed by atoms with Crippen LogP contribution in [0.15, 0.2) is 23.6 Å². The fourth-order valence-electron chi connectivity index (χ4n) is 2.62. The first kappa shape index (κ1) is 12.8. The van der Waals surface area contributed by atoms with Crippen LogP contribution in [-0.2, 0) is 25.9 Å². The molecule has 0 aliphatic heterocycles. The van der Waals surface area contributed by atoms with E-state index >= 15 is 0 Å². The molecule has 1 N–H and O–H groups in total. The number of rotatable bonds is 4. The molecule has 100 valence electrons. The van der Waals surface area contributed by atoms with Gasteiger partial charge in [0, 0.05) is 23.7 Å². The Kier molecular flexibility index (Phi) is 3.95. The highest BCUT2D eigenvalue weighted by Crippen LogP contribution is 2.19. The molecule has 0 fully saturated rings. The maximum atomic E-state index is 4.80. The summed E-state index contributed by atoms with van der Waals surface area (Å²) in [5, 5.41) is 5.66. The van der Waals surface area contributed by atoms with Gasteiger partial charge in [-0.15, -0.1) is 11.3 Å². The Morgan fingerprint density at radius 2 is 2.05 bits per heavy atom. The number of thiophene rings is 1. The highest BCUT2D eigenvalue weighted by atomic mass is 32.1. The summed E-state index contributed by atoms with van der Waals surface area (Å²) in [5.74, 6) is 0.